The molecule has 0 saturated heterocycles. The Labute approximate surface area is 206 Å². The molecule has 2 aromatic rings. The summed E-state index contributed by atoms with van der Waals surface area (Å²) >= 11 is 0. The summed E-state index contributed by atoms with van der Waals surface area (Å²) in [6, 6.07) is 10.0. The lowest BCUT2D eigenvalue weighted by Gasteiger charge is -2.61. The van der Waals surface area contributed by atoms with Crippen LogP contribution in [-0.2, 0) is 0 Å². The quantitative estimate of drug-likeness (QED) is 0.514. The van der Waals surface area contributed by atoms with Crippen LogP contribution in [0.15, 0.2) is 30.3 Å². The SMILES string of the molecule is CC1(C)CC2C1CCC13CC2(C)CCC1C(c1ccccc1)c1c(O)c(C=O)c(O)c(C=O)c1O3. The molecule has 5 nitrogen and oxygen atoms in total. The fourth-order valence-corrected chi connectivity index (χ4v) is 8.69. The van der Waals surface area contributed by atoms with Gasteiger partial charge in [-0.15, -0.1) is 0 Å². The number of phenolic OH excluding ortho intramolecular Hbond substituents is 2. The van der Waals surface area contributed by atoms with Gasteiger partial charge in [0.25, 0.3) is 0 Å². The molecule has 3 saturated carbocycles. The van der Waals surface area contributed by atoms with E-state index in [0.717, 1.165) is 37.7 Å². The van der Waals surface area contributed by atoms with Crippen LogP contribution >= 0.6 is 0 Å². The Hall–Kier alpha value is -2.82. The van der Waals surface area contributed by atoms with Crippen LogP contribution < -0.4 is 4.74 Å². The highest BCUT2D eigenvalue weighted by Crippen LogP contribution is 2.70. The summed E-state index contributed by atoms with van der Waals surface area (Å²) in [7, 11) is 0. The van der Waals surface area contributed by atoms with Crippen molar-refractivity contribution in [3.8, 4) is 17.2 Å². The van der Waals surface area contributed by atoms with Gasteiger partial charge in [0.05, 0.1) is 11.1 Å². The third-order valence-electron chi connectivity index (χ3n) is 10.3. The molecule has 0 amide bonds. The third-order valence-corrected chi connectivity index (χ3v) is 10.3. The van der Waals surface area contributed by atoms with Crippen LogP contribution in [0, 0.1) is 28.6 Å². The number of fused-ring (bicyclic) bond motifs is 4. The van der Waals surface area contributed by atoms with E-state index in [1.807, 2.05) is 18.2 Å². The van der Waals surface area contributed by atoms with Gasteiger partial charge >= 0.3 is 0 Å². The number of hydrogen-bond donors (Lipinski definition) is 2. The van der Waals surface area contributed by atoms with Crippen LogP contribution in [-0.4, -0.2) is 28.4 Å². The first-order valence-corrected chi connectivity index (χ1v) is 12.9. The lowest BCUT2D eigenvalue weighted by Crippen LogP contribution is -2.57. The van der Waals surface area contributed by atoms with Crippen LogP contribution in [0.3, 0.4) is 0 Å². The van der Waals surface area contributed by atoms with Crippen molar-refractivity contribution in [1.82, 2.24) is 0 Å². The highest BCUT2D eigenvalue weighted by molar-refractivity contribution is 5.95. The molecule has 184 valence electrons. The summed E-state index contributed by atoms with van der Waals surface area (Å²) in [6.45, 7) is 7.19. The zero-order valence-electron chi connectivity index (χ0n) is 20.7. The van der Waals surface area contributed by atoms with Crippen molar-refractivity contribution in [2.24, 2.45) is 28.6 Å². The Bertz CT molecular complexity index is 1220. The fraction of sp³-hybridized carbons (Fsp3) is 0.533. The maximum absolute atomic E-state index is 12.2. The molecule has 6 rings (SSSR count). The van der Waals surface area contributed by atoms with Crippen LogP contribution in [0.1, 0.15) is 97.1 Å². The van der Waals surface area contributed by atoms with Crippen molar-refractivity contribution in [3.05, 3.63) is 52.6 Å². The number of carbonyl (C=O) groups excluding carboxylic acids is 2. The van der Waals surface area contributed by atoms with Crippen LogP contribution in [0.4, 0.5) is 0 Å². The van der Waals surface area contributed by atoms with Crippen molar-refractivity contribution in [1.29, 1.82) is 0 Å². The summed E-state index contributed by atoms with van der Waals surface area (Å²) in [5, 5.41) is 22.0. The Morgan fingerprint density at radius 1 is 0.886 bits per heavy atom. The van der Waals surface area contributed by atoms with Gasteiger partial charge in [-0.2, -0.15) is 0 Å². The van der Waals surface area contributed by atoms with E-state index in [1.54, 1.807) is 0 Å². The molecule has 2 bridgehead atoms. The highest BCUT2D eigenvalue weighted by Gasteiger charge is 2.65. The molecule has 2 aromatic carbocycles. The second kappa shape index (κ2) is 7.35. The minimum absolute atomic E-state index is 0.0338. The number of aldehydes is 2. The van der Waals surface area contributed by atoms with E-state index >= 15 is 0 Å². The van der Waals surface area contributed by atoms with Gasteiger partial charge in [-0.3, -0.25) is 9.59 Å². The smallest absolute Gasteiger partial charge is 0.157 e. The molecule has 1 aliphatic heterocycles. The lowest BCUT2D eigenvalue weighted by atomic mass is 9.45. The lowest BCUT2D eigenvalue weighted by molar-refractivity contribution is -0.128. The highest BCUT2D eigenvalue weighted by atomic mass is 16.5. The van der Waals surface area contributed by atoms with Crippen molar-refractivity contribution >= 4 is 12.6 Å². The monoisotopic (exact) mass is 474 g/mol. The molecular formula is C30H34O5. The summed E-state index contributed by atoms with van der Waals surface area (Å²) < 4.78 is 6.90. The van der Waals surface area contributed by atoms with Crippen LogP contribution in [0.25, 0.3) is 0 Å². The molecule has 1 spiro atoms. The molecule has 35 heavy (non-hydrogen) atoms. The second-order valence-corrected chi connectivity index (χ2v) is 12.5. The number of ether oxygens (including phenoxy) is 1. The van der Waals surface area contributed by atoms with Crippen molar-refractivity contribution < 1.29 is 24.5 Å². The maximum atomic E-state index is 12.2. The fourth-order valence-electron chi connectivity index (χ4n) is 8.69. The summed E-state index contributed by atoms with van der Waals surface area (Å²) in [6.07, 6.45) is 7.12. The van der Waals surface area contributed by atoms with Crippen LogP contribution in [0.5, 0.6) is 17.2 Å². The van der Waals surface area contributed by atoms with Crippen molar-refractivity contribution in [2.45, 2.75) is 70.8 Å². The average molecular weight is 475 g/mol. The Morgan fingerprint density at radius 2 is 1.57 bits per heavy atom. The van der Waals surface area contributed by atoms with Crippen LogP contribution in [0.2, 0.25) is 0 Å². The zero-order chi connectivity index (χ0) is 24.8. The molecule has 2 N–H and O–H groups in total. The molecule has 0 aromatic heterocycles. The first-order chi connectivity index (χ1) is 16.7. The Balaban J connectivity index is 1.60. The molecule has 5 heteroatoms. The summed E-state index contributed by atoms with van der Waals surface area (Å²) in [5.74, 6) is 0.667. The number of carbonyl (C=O) groups is 2. The molecular weight excluding hydrogens is 440 g/mol. The van der Waals surface area contributed by atoms with Gasteiger partial charge in [-0.05, 0) is 66.8 Å². The number of rotatable bonds is 3. The van der Waals surface area contributed by atoms with E-state index in [1.165, 1.54) is 6.42 Å². The van der Waals surface area contributed by atoms with E-state index in [2.05, 4.69) is 32.9 Å². The van der Waals surface area contributed by atoms with E-state index in [4.69, 9.17) is 4.74 Å². The molecule has 6 atom stereocenters. The van der Waals surface area contributed by atoms with Gasteiger partial charge in [0.15, 0.2) is 12.6 Å². The maximum Gasteiger partial charge on any atom is 0.157 e. The second-order valence-electron chi connectivity index (χ2n) is 12.5. The minimum Gasteiger partial charge on any atom is -0.507 e. The molecule has 0 radical (unpaired) electrons. The Morgan fingerprint density at radius 3 is 2.23 bits per heavy atom. The van der Waals surface area contributed by atoms with Gasteiger partial charge in [0.2, 0.25) is 0 Å². The van der Waals surface area contributed by atoms with Crippen molar-refractivity contribution in [3.63, 3.8) is 0 Å². The topological polar surface area (TPSA) is 83.8 Å². The zero-order valence-corrected chi connectivity index (χ0v) is 20.7. The largest absolute Gasteiger partial charge is 0.507 e. The predicted molar refractivity (Wildman–Crippen MR) is 132 cm³/mol. The number of benzene rings is 2. The molecule has 3 aliphatic carbocycles. The van der Waals surface area contributed by atoms with Gasteiger partial charge in [-0.1, -0.05) is 51.1 Å². The van der Waals surface area contributed by atoms with Gasteiger partial charge < -0.3 is 14.9 Å². The first-order valence-electron chi connectivity index (χ1n) is 12.9. The summed E-state index contributed by atoms with van der Waals surface area (Å²) in [4.78, 5) is 24.1. The van der Waals surface area contributed by atoms with Gasteiger partial charge in [0, 0.05) is 17.4 Å². The van der Waals surface area contributed by atoms with Gasteiger partial charge in [0.1, 0.15) is 22.8 Å². The molecule has 3 fully saturated rings. The average Bonchev–Trinajstić information content (AvgIpc) is 2.89. The molecule has 4 aliphatic rings. The van der Waals surface area contributed by atoms with E-state index in [9.17, 15) is 19.8 Å². The molecule has 6 unspecified atom stereocenters. The number of hydrogen-bond acceptors (Lipinski definition) is 5. The Kier molecular flexibility index (Phi) is 4.75. The van der Waals surface area contributed by atoms with E-state index < -0.39 is 11.4 Å². The number of aromatic hydroxyl groups is 2. The van der Waals surface area contributed by atoms with E-state index in [0.29, 0.717) is 35.4 Å². The van der Waals surface area contributed by atoms with Gasteiger partial charge in [-0.25, -0.2) is 0 Å². The standard InChI is InChI=1S/C30H34O5/c1-28(2)13-22-20(28)10-12-30-16-29(22,3)11-9-21(30)23(17-7-5-4-6-8-17)24-26(34)18(14-31)25(33)19(15-32)27(24)35-30/h4-8,14-15,20-23,33-34H,9-13,16H2,1-3H3. The summed E-state index contributed by atoms with van der Waals surface area (Å²) in [5.41, 5.74) is 1.21. The number of phenols is 2. The molecule has 1 heterocycles. The van der Waals surface area contributed by atoms with E-state index in [-0.39, 0.29) is 39.9 Å². The first kappa shape index (κ1) is 22.6. The minimum atomic E-state index is -0.499. The van der Waals surface area contributed by atoms with Crippen molar-refractivity contribution in [2.75, 3.05) is 0 Å². The third kappa shape index (κ3) is 2.93. The predicted octanol–water partition coefficient (Wildman–Crippen LogP) is 6.25. The normalized spacial score (nSPS) is 36.3.